The van der Waals surface area contributed by atoms with E-state index < -0.39 is 0 Å². The molecule has 0 aromatic carbocycles. The predicted octanol–water partition coefficient (Wildman–Crippen LogP) is 3.44. The van der Waals surface area contributed by atoms with Gasteiger partial charge in [0.05, 0.1) is 24.3 Å². The first-order valence-electron chi connectivity index (χ1n) is 11.6. The fourth-order valence-electron chi connectivity index (χ4n) is 4.31. The second-order valence-electron chi connectivity index (χ2n) is 8.79. The lowest BCUT2D eigenvalue weighted by atomic mass is 10.1. The third kappa shape index (κ3) is 5.25. The Morgan fingerprint density at radius 2 is 2.06 bits per heavy atom. The average Bonchev–Trinajstić information content (AvgIpc) is 3.68. The maximum atomic E-state index is 12.5. The Hall–Kier alpha value is -3.18. The van der Waals surface area contributed by atoms with E-state index in [9.17, 15) is 10.1 Å². The number of rotatable bonds is 8. The largest absolute Gasteiger partial charge is 0.484 e. The number of nitriles is 1. The molecule has 1 unspecified atom stereocenters. The predicted molar refractivity (Wildman–Crippen MR) is 124 cm³/mol. The van der Waals surface area contributed by atoms with Crippen LogP contribution in [0.1, 0.15) is 62.0 Å². The lowest BCUT2D eigenvalue weighted by Gasteiger charge is -2.41. The van der Waals surface area contributed by atoms with E-state index in [1.807, 2.05) is 36.9 Å². The molecule has 8 heteroatoms. The molecule has 2 atom stereocenters. The van der Waals surface area contributed by atoms with E-state index in [-0.39, 0.29) is 18.1 Å². The molecule has 33 heavy (non-hydrogen) atoms. The standard InChI is InChI=1S/C25H31N5O3/c1-17-16-29(11-12-30(17)23(31)8-13-32-3)25-21(15-26)14-22(24(28-25)20-4-5-20)33-18(2)19-6-9-27-10-7-19/h6-7,9-10,14,17-18,20H,4-5,8,11-13,16H2,1-3H3/t17-,18?/m1/s1. The van der Waals surface area contributed by atoms with Gasteiger partial charge in [-0.1, -0.05) is 0 Å². The Morgan fingerprint density at radius 1 is 1.30 bits per heavy atom. The molecule has 2 aromatic rings. The van der Waals surface area contributed by atoms with E-state index in [0.29, 0.717) is 55.7 Å². The number of anilines is 1. The average molecular weight is 450 g/mol. The normalized spacial score (nSPS) is 19.2. The van der Waals surface area contributed by atoms with Crippen molar-refractivity contribution in [3.05, 3.63) is 47.4 Å². The van der Waals surface area contributed by atoms with Crippen LogP contribution in [0.3, 0.4) is 0 Å². The lowest BCUT2D eigenvalue weighted by Crippen LogP contribution is -2.54. The van der Waals surface area contributed by atoms with Gasteiger partial charge in [-0.2, -0.15) is 5.26 Å². The monoisotopic (exact) mass is 449 g/mol. The van der Waals surface area contributed by atoms with E-state index in [1.54, 1.807) is 19.5 Å². The van der Waals surface area contributed by atoms with Crippen LogP contribution in [0, 0.1) is 11.3 Å². The summed E-state index contributed by atoms with van der Waals surface area (Å²) >= 11 is 0. The van der Waals surface area contributed by atoms with Crippen molar-refractivity contribution < 1.29 is 14.3 Å². The number of carbonyl (C=O) groups excluding carboxylic acids is 1. The number of ether oxygens (including phenoxy) is 2. The molecule has 4 rings (SSSR count). The number of nitrogens with zero attached hydrogens (tertiary/aromatic N) is 5. The Kier molecular flexibility index (Phi) is 7.09. The van der Waals surface area contributed by atoms with Gasteiger partial charge in [0.1, 0.15) is 23.7 Å². The van der Waals surface area contributed by atoms with Crippen molar-refractivity contribution in [2.45, 2.75) is 51.2 Å². The van der Waals surface area contributed by atoms with Gasteiger partial charge < -0.3 is 19.3 Å². The van der Waals surface area contributed by atoms with Gasteiger partial charge >= 0.3 is 0 Å². The molecule has 3 heterocycles. The summed E-state index contributed by atoms with van der Waals surface area (Å²) in [4.78, 5) is 25.6. The lowest BCUT2D eigenvalue weighted by molar-refractivity contribution is -0.134. The number of aromatic nitrogens is 2. The van der Waals surface area contributed by atoms with E-state index in [4.69, 9.17) is 14.5 Å². The molecule has 8 nitrogen and oxygen atoms in total. The van der Waals surface area contributed by atoms with Crippen LogP contribution in [-0.2, 0) is 9.53 Å². The highest BCUT2D eigenvalue weighted by Crippen LogP contribution is 2.45. The number of carbonyl (C=O) groups is 1. The van der Waals surface area contributed by atoms with Crippen molar-refractivity contribution in [2.75, 3.05) is 38.3 Å². The fourth-order valence-corrected chi connectivity index (χ4v) is 4.31. The zero-order valence-electron chi connectivity index (χ0n) is 19.5. The third-order valence-corrected chi connectivity index (χ3v) is 6.33. The summed E-state index contributed by atoms with van der Waals surface area (Å²) in [5, 5.41) is 9.91. The molecule has 1 saturated heterocycles. The highest BCUT2D eigenvalue weighted by molar-refractivity contribution is 5.77. The number of amides is 1. The zero-order valence-corrected chi connectivity index (χ0v) is 19.5. The van der Waals surface area contributed by atoms with Crippen LogP contribution in [0.15, 0.2) is 30.6 Å². The SMILES string of the molecule is COCCC(=O)N1CCN(c2nc(C3CC3)c(OC(C)c3ccncc3)cc2C#N)C[C@H]1C. The molecular formula is C25H31N5O3. The molecule has 1 saturated carbocycles. The van der Waals surface area contributed by atoms with Crippen LogP contribution < -0.4 is 9.64 Å². The summed E-state index contributed by atoms with van der Waals surface area (Å²) in [6.45, 7) is 6.34. The van der Waals surface area contributed by atoms with Gasteiger partial charge in [-0.3, -0.25) is 9.78 Å². The maximum absolute atomic E-state index is 12.5. The topological polar surface area (TPSA) is 91.6 Å². The van der Waals surface area contributed by atoms with Crippen LogP contribution in [0.4, 0.5) is 5.82 Å². The summed E-state index contributed by atoms with van der Waals surface area (Å²) in [5.74, 6) is 1.85. The molecule has 1 amide bonds. The molecule has 174 valence electrons. The van der Waals surface area contributed by atoms with Gasteiger partial charge in [0.25, 0.3) is 0 Å². The van der Waals surface area contributed by atoms with Crippen LogP contribution in [0.5, 0.6) is 5.75 Å². The highest BCUT2D eigenvalue weighted by atomic mass is 16.5. The molecule has 0 spiro atoms. The Labute approximate surface area is 195 Å². The molecule has 2 aromatic heterocycles. The number of pyridine rings is 2. The zero-order chi connectivity index (χ0) is 23.4. The van der Waals surface area contributed by atoms with Crippen molar-refractivity contribution >= 4 is 11.7 Å². The summed E-state index contributed by atoms with van der Waals surface area (Å²) in [6.07, 6.45) is 5.87. The second-order valence-corrected chi connectivity index (χ2v) is 8.79. The van der Waals surface area contributed by atoms with E-state index in [2.05, 4.69) is 16.0 Å². The van der Waals surface area contributed by atoms with Crippen molar-refractivity contribution in [3.8, 4) is 11.8 Å². The van der Waals surface area contributed by atoms with Crippen LogP contribution >= 0.6 is 0 Å². The first-order chi connectivity index (χ1) is 16.0. The number of hydrogen-bond acceptors (Lipinski definition) is 7. The second kappa shape index (κ2) is 10.2. The molecule has 2 fully saturated rings. The van der Waals surface area contributed by atoms with E-state index in [0.717, 1.165) is 24.1 Å². The summed E-state index contributed by atoms with van der Waals surface area (Å²) in [6, 6.07) is 8.06. The Bertz CT molecular complexity index is 1020. The number of piperazine rings is 1. The van der Waals surface area contributed by atoms with Gasteiger partial charge in [0.15, 0.2) is 0 Å². The minimum Gasteiger partial charge on any atom is -0.484 e. The highest BCUT2D eigenvalue weighted by Gasteiger charge is 2.33. The van der Waals surface area contributed by atoms with E-state index in [1.165, 1.54) is 0 Å². The van der Waals surface area contributed by atoms with Gasteiger partial charge in [0.2, 0.25) is 5.91 Å². The minimum atomic E-state index is -0.175. The number of methoxy groups -OCH3 is 1. The first-order valence-corrected chi connectivity index (χ1v) is 11.6. The van der Waals surface area contributed by atoms with Crippen LogP contribution in [0.2, 0.25) is 0 Å². The van der Waals surface area contributed by atoms with Crippen LogP contribution in [-0.4, -0.2) is 60.2 Å². The summed E-state index contributed by atoms with van der Waals surface area (Å²) < 4.78 is 11.3. The molecule has 0 bridgehead atoms. The van der Waals surface area contributed by atoms with Gasteiger partial charge in [-0.15, -0.1) is 0 Å². The molecule has 0 radical (unpaired) electrons. The van der Waals surface area contributed by atoms with Gasteiger partial charge in [-0.25, -0.2) is 4.98 Å². The first kappa shape index (κ1) is 23.0. The van der Waals surface area contributed by atoms with E-state index >= 15 is 0 Å². The smallest absolute Gasteiger partial charge is 0.225 e. The molecule has 2 aliphatic rings. The molecular weight excluding hydrogens is 418 g/mol. The fraction of sp³-hybridized carbons (Fsp3) is 0.520. The van der Waals surface area contributed by atoms with Crippen molar-refractivity contribution in [2.24, 2.45) is 0 Å². The molecule has 1 aliphatic heterocycles. The van der Waals surface area contributed by atoms with Crippen LogP contribution in [0.25, 0.3) is 0 Å². The summed E-state index contributed by atoms with van der Waals surface area (Å²) in [5.41, 5.74) is 2.45. The van der Waals surface area contributed by atoms with Crippen molar-refractivity contribution in [1.82, 2.24) is 14.9 Å². The third-order valence-electron chi connectivity index (χ3n) is 6.33. The molecule has 1 aliphatic carbocycles. The van der Waals surface area contributed by atoms with Crippen molar-refractivity contribution in [1.29, 1.82) is 5.26 Å². The van der Waals surface area contributed by atoms with Gasteiger partial charge in [0, 0.05) is 57.2 Å². The quantitative estimate of drug-likeness (QED) is 0.610. The summed E-state index contributed by atoms with van der Waals surface area (Å²) in [7, 11) is 1.60. The Morgan fingerprint density at radius 3 is 2.70 bits per heavy atom. The Balaban J connectivity index is 1.55. The van der Waals surface area contributed by atoms with Crippen molar-refractivity contribution in [3.63, 3.8) is 0 Å². The molecule has 0 N–H and O–H groups in total. The maximum Gasteiger partial charge on any atom is 0.225 e. The van der Waals surface area contributed by atoms with Gasteiger partial charge in [-0.05, 0) is 44.4 Å². The number of hydrogen-bond donors (Lipinski definition) is 0. The minimum absolute atomic E-state index is 0.0310.